The Morgan fingerprint density at radius 3 is 2.65 bits per heavy atom. The molecule has 0 spiro atoms. The number of pyridine rings is 1. The van der Waals surface area contributed by atoms with Crippen LogP contribution in [0.2, 0.25) is 0 Å². The van der Waals surface area contributed by atoms with Crippen LogP contribution in [0.4, 0.5) is 14.5 Å². The Hall–Kier alpha value is -1.66. The van der Waals surface area contributed by atoms with Crippen LogP contribution in [0.5, 0.6) is 11.5 Å². The van der Waals surface area contributed by atoms with Crippen molar-refractivity contribution in [3.8, 4) is 11.5 Å². The first-order chi connectivity index (χ1) is 11.0. The van der Waals surface area contributed by atoms with Crippen molar-refractivity contribution in [2.24, 2.45) is 0 Å². The number of halogens is 3. The van der Waals surface area contributed by atoms with E-state index in [1.165, 1.54) is 6.20 Å². The molecule has 3 rings (SSSR count). The van der Waals surface area contributed by atoms with Crippen LogP contribution in [-0.2, 0) is 15.1 Å². The molecule has 0 aliphatic heterocycles. The Balaban J connectivity index is 0.000000924. The van der Waals surface area contributed by atoms with E-state index >= 15 is 0 Å². The molecule has 0 aliphatic carbocycles. The Bertz CT molecular complexity index is 860. The average Bonchev–Trinajstić information content (AvgIpc) is 2.93. The van der Waals surface area contributed by atoms with Crippen molar-refractivity contribution < 1.29 is 33.5 Å². The summed E-state index contributed by atoms with van der Waals surface area (Å²) >= 11 is 4.01. The normalized spacial score (nSPS) is 10.1. The second kappa shape index (κ2) is 7.74. The van der Waals surface area contributed by atoms with E-state index in [0.29, 0.717) is 0 Å². The number of aromatic nitrogens is 2. The number of hydrogen-bond acceptors (Lipinski definition) is 4. The molecule has 2 aromatic heterocycles. The fourth-order valence-electron chi connectivity index (χ4n) is 1.79. The minimum absolute atomic E-state index is 0.116. The zero-order valence-electron chi connectivity index (χ0n) is 11.0. The summed E-state index contributed by atoms with van der Waals surface area (Å²) in [4.78, 5) is 17.5. The van der Waals surface area contributed by atoms with Gasteiger partial charge >= 0.3 is 34.7 Å². The summed E-state index contributed by atoms with van der Waals surface area (Å²) in [7, 11) is 0. The van der Waals surface area contributed by atoms with E-state index in [-0.39, 0.29) is 22.5 Å². The van der Waals surface area contributed by atoms with Crippen LogP contribution in [0.25, 0.3) is 11.0 Å². The van der Waals surface area contributed by atoms with Crippen LogP contribution in [0.15, 0.2) is 36.7 Å². The van der Waals surface area contributed by atoms with Crippen molar-refractivity contribution in [1.29, 1.82) is 0 Å². The molecule has 23 heavy (non-hydrogen) atoms. The van der Waals surface area contributed by atoms with Crippen molar-refractivity contribution >= 4 is 36.4 Å². The number of hydrogen-bond donors (Lipinski definition) is 0. The van der Waals surface area contributed by atoms with E-state index in [4.69, 9.17) is 4.74 Å². The van der Waals surface area contributed by atoms with Gasteiger partial charge in [-0.2, -0.15) is 0 Å². The second-order valence-corrected chi connectivity index (χ2v) is 4.12. The molecule has 2 heterocycles. The van der Waals surface area contributed by atoms with Gasteiger partial charge < -0.3 is 14.7 Å². The maximum absolute atomic E-state index is 13.7. The number of benzene rings is 1. The summed E-state index contributed by atoms with van der Waals surface area (Å²) in [6.07, 6.45) is 2.28. The zero-order chi connectivity index (χ0) is 17.0. The van der Waals surface area contributed by atoms with Crippen molar-refractivity contribution in [2.45, 2.75) is 0 Å². The molecule has 10 heteroatoms. The van der Waals surface area contributed by atoms with E-state index in [2.05, 4.69) is 29.6 Å². The molecule has 121 valence electrons. The average molecular weight is 607 g/mol. The van der Waals surface area contributed by atoms with Gasteiger partial charge in [0.25, 0.3) is 5.69 Å². The first-order valence-corrected chi connectivity index (χ1v) is 13.1. The van der Waals surface area contributed by atoms with Gasteiger partial charge in [-0.3, -0.25) is 10.1 Å². The fourth-order valence-corrected chi connectivity index (χ4v) is 1.79. The van der Waals surface area contributed by atoms with E-state index in [1.54, 1.807) is 0 Å². The summed E-state index contributed by atoms with van der Waals surface area (Å²) in [6, 6.07) is 4.13. The predicted octanol–water partition coefficient (Wildman–Crippen LogP) is 4.05. The van der Waals surface area contributed by atoms with Crippen molar-refractivity contribution in [2.75, 3.05) is 0 Å². The van der Waals surface area contributed by atoms with Gasteiger partial charge in [-0.05, 0) is 30.2 Å². The molecule has 0 bridgehead atoms. The van der Waals surface area contributed by atoms with Crippen LogP contribution < -0.4 is 9.72 Å². The Morgan fingerprint density at radius 2 is 2.00 bits per heavy atom. The summed E-state index contributed by atoms with van der Waals surface area (Å²) in [5, 5.41) is 10.8. The summed E-state index contributed by atoms with van der Waals surface area (Å²) in [6.45, 7) is 0. The van der Waals surface area contributed by atoms with Gasteiger partial charge in [-0.1, -0.05) is 0 Å². The number of nitrogens with zero attached hydrogens (tertiary/aromatic N) is 3. The van der Waals surface area contributed by atoms with E-state index in [9.17, 15) is 18.9 Å². The van der Waals surface area contributed by atoms with Crippen LogP contribution >= 0.6 is 19.7 Å². The summed E-state index contributed by atoms with van der Waals surface area (Å²) in [5.74, 6) is -1.59. The summed E-state index contributed by atoms with van der Waals surface area (Å²) in [5.41, 5.74) is -0.133. The number of fused-ring (bicyclic) bond motifs is 1. The van der Waals surface area contributed by atoms with Gasteiger partial charge in [0.15, 0.2) is 11.6 Å². The molecule has 3 aromatic rings. The van der Waals surface area contributed by atoms with Gasteiger partial charge in [0, 0.05) is 11.5 Å². The zero-order valence-corrected chi connectivity index (χ0v) is 15.7. The molecular weight excluding hydrogens is 601 g/mol. The third-order valence-electron chi connectivity index (χ3n) is 2.75. The minimum atomic E-state index is -0.900. The number of ether oxygens (including phenoxy) is 1. The van der Waals surface area contributed by atoms with Crippen LogP contribution in [0.3, 0.4) is 0 Å². The third-order valence-corrected chi connectivity index (χ3v) is 2.75. The fraction of sp³-hybridized carbons (Fsp3) is 0. The summed E-state index contributed by atoms with van der Waals surface area (Å²) < 4.78 is 32.2. The van der Waals surface area contributed by atoms with Crippen LogP contribution in [-0.4, -0.2) is 9.91 Å². The Kier molecular flexibility index (Phi) is 5.95. The van der Waals surface area contributed by atoms with Crippen LogP contribution in [0.1, 0.15) is 0 Å². The maximum atomic E-state index is 13.7. The monoisotopic (exact) mass is 609 g/mol. The quantitative estimate of drug-likeness (QED) is 0.255. The Morgan fingerprint density at radius 1 is 1.26 bits per heavy atom. The second-order valence-electron chi connectivity index (χ2n) is 4.12. The molecule has 0 unspecified atom stereocenters. The van der Waals surface area contributed by atoms with Gasteiger partial charge in [-0.15, -0.1) is 0 Å². The molecule has 0 amide bonds. The van der Waals surface area contributed by atoms with E-state index < -0.39 is 22.2 Å². The molecule has 0 N–H and O–H groups in total. The SMILES string of the molecule is O=[N+]([O-])c1ccc(Oc2c[n-]c3ncc(F)cc23)c(F)c1.[I][Os]. The molecular formula is C13H6F2IN3O3Os-. The van der Waals surface area contributed by atoms with Crippen molar-refractivity contribution in [1.82, 2.24) is 9.97 Å². The molecule has 1 aromatic carbocycles. The molecule has 0 atom stereocenters. The molecule has 0 saturated heterocycles. The molecule has 6 nitrogen and oxygen atoms in total. The molecule has 0 fully saturated rings. The third kappa shape index (κ3) is 4.00. The molecule has 0 saturated carbocycles. The number of non-ortho nitro benzene ring substituents is 1. The first kappa shape index (κ1) is 17.7. The van der Waals surface area contributed by atoms with Gasteiger partial charge in [0.05, 0.1) is 11.0 Å². The van der Waals surface area contributed by atoms with Crippen molar-refractivity contribution in [3.63, 3.8) is 0 Å². The standard InChI is InChI=1S/C13H6F2N3O3.HI.Os/c14-7-3-9-12(6-17-13(9)16-5-7)21-11-2-1-8(18(19)20)4-10(11)15;;/h1-6H;1H;/q-1;;+1/p-1. The van der Waals surface area contributed by atoms with E-state index in [1.807, 2.05) is 15.1 Å². The van der Waals surface area contributed by atoms with Crippen molar-refractivity contribution in [3.05, 3.63) is 58.4 Å². The van der Waals surface area contributed by atoms with Gasteiger partial charge in [0.1, 0.15) is 11.6 Å². The molecule has 0 radical (unpaired) electrons. The number of nitro benzene ring substituents is 1. The van der Waals surface area contributed by atoms with Gasteiger partial charge in [-0.25, -0.2) is 8.78 Å². The Labute approximate surface area is 149 Å². The predicted molar refractivity (Wildman–Crippen MR) is 82.2 cm³/mol. The number of nitro groups is 1. The van der Waals surface area contributed by atoms with Crippen LogP contribution in [0, 0.1) is 21.7 Å². The topological polar surface area (TPSA) is 79.4 Å². The number of rotatable bonds is 3. The van der Waals surface area contributed by atoms with E-state index in [0.717, 1.165) is 30.5 Å². The van der Waals surface area contributed by atoms with Gasteiger partial charge in [0.2, 0.25) is 0 Å². The first-order valence-electron chi connectivity index (χ1n) is 5.86. The molecule has 0 aliphatic rings.